The standard InChI is InChI=1S/C15H12F3NO2/c16-15(17,18)12-5-3-4-11(8-12)9-21-14-7-2-1-6-13(14)19-10-20/h1-8,10H,9H2,(H,19,20). The molecular weight excluding hydrogens is 283 g/mol. The molecule has 1 N–H and O–H groups in total. The minimum absolute atomic E-state index is 0.0263. The van der Waals surface area contributed by atoms with Crippen LogP contribution in [0.15, 0.2) is 48.5 Å². The number of alkyl halides is 3. The third kappa shape index (κ3) is 3.98. The molecule has 110 valence electrons. The molecule has 6 heteroatoms. The molecule has 0 atom stereocenters. The Morgan fingerprint density at radius 2 is 1.86 bits per heavy atom. The summed E-state index contributed by atoms with van der Waals surface area (Å²) in [5.74, 6) is 0.391. The van der Waals surface area contributed by atoms with Crippen LogP contribution >= 0.6 is 0 Å². The number of para-hydroxylation sites is 2. The second-order valence-corrected chi connectivity index (χ2v) is 4.25. The second-order valence-electron chi connectivity index (χ2n) is 4.25. The molecule has 0 fully saturated rings. The average molecular weight is 295 g/mol. The van der Waals surface area contributed by atoms with E-state index in [4.69, 9.17) is 4.74 Å². The van der Waals surface area contributed by atoms with E-state index in [-0.39, 0.29) is 6.61 Å². The molecule has 1 amide bonds. The van der Waals surface area contributed by atoms with Crippen LogP contribution in [0.2, 0.25) is 0 Å². The van der Waals surface area contributed by atoms with E-state index in [0.29, 0.717) is 23.4 Å². The summed E-state index contributed by atoms with van der Waals surface area (Å²) in [7, 11) is 0. The molecule has 0 bridgehead atoms. The first kappa shape index (κ1) is 14.9. The summed E-state index contributed by atoms with van der Waals surface area (Å²) in [5.41, 5.74) is 0.133. The monoisotopic (exact) mass is 295 g/mol. The second kappa shape index (κ2) is 6.30. The molecule has 0 radical (unpaired) electrons. The first-order valence-corrected chi connectivity index (χ1v) is 6.09. The predicted molar refractivity (Wildman–Crippen MR) is 71.9 cm³/mol. The largest absolute Gasteiger partial charge is 0.487 e. The maximum absolute atomic E-state index is 12.6. The molecule has 3 nitrogen and oxygen atoms in total. The zero-order valence-electron chi connectivity index (χ0n) is 10.9. The molecule has 0 saturated heterocycles. The van der Waals surface area contributed by atoms with Crippen molar-refractivity contribution >= 4 is 12.1 Å². The lowest BCUT2D eigenvalue weighted by atomic mass is 10.1. The van der Waals surface area contributed by atoms with Crippen LogP contribution in [0.5, 0.6) is 5.75 Å². The Balaban J connectivity index is 2.12. The maximum atomic E-state index is 12.6. The average Bonchev–Trinajstić information content (AvgIpc) is 2.46. The lowest BCUT2D eigenvalue weighted by Gasteiger charge is -2.12. The number of carbonyl (C=O) groups is 1. The van der Waals surface area contributed by atoms with Crippen molar-refractivity contribution in [3.8, 4) is 5.75 Å². The predicted octanol–water partition coefficient (Wildman–Crippen LogP) is 3.85. The van der Waals surface area contributed by atoms with Crippen molar-refractivity contribution in [2.75, 3.05) is 5.32 Å². The molecule has 2 aromatic rings. The van der Waals surface area contributed by atoms with Gasteiger partial charge in [0.15, 0.2) is 0 Å². The minimum atomic E-state index is -4.38. The Labute approximate surface area is 119 Å². The topological polar surface area (TPSA) is 38.3 Å². The van der Waals surface area contributed by atoms with Crippen LogP contribution in [0.3, 0.4) is 0 Å². The van der Waals surface area contributed by atoms with Crippen LogP contribution < -0.4 is 10.1 Å². The van der Waals surface area contributed by atoms with E-state index in [9.17, 15) is 18.0 Å². The molecule has 21 heavy (non-hydrogen) atoms. The number of halogens is 3. The highest BCUT2D eigenvalue weighted by molar-refractivity contribution is 5.75. The van der Waals surface area contributed by atoms with Crippen molar-refractivity contribution in [1.29, 1.82) is 0 Å². The summed E-state index contributed by atoms with van der Waals surface area (Å²) < 4.78 is 43.3. The van der Waals surface area contributed by atoms with Crippen LogP contribution in [-0.4, -0.2) is 6.41 Å². The third-order valence-corrected chi connectivity index (χ3v) is 2.75. The number of carbonyl (C=O) groups excluding carboxylic acids is 1. The Morgan fingerprint density at radius 3 is 2.57 bits per heavy atom. The fourth-order valence-corrected chi connectivity index (χ4v) is 1.77. The van der Waals surface area contributed by atoms with Crippen molar-refractivity contribution in [3.05, 3.63) is 59.7 Å². The number of amides is 1. The molecule has 0 spiro atoms. The van der Waals surface area contributed by atoms with Crippen molar-refractivity contribution in [2.45, 2.75) is 12.8 Å². The van der Waals surface area contributed by atoms with E-state index in [1.165, 1.54) is 6.07 Å². The van der Waals surface area contributed by atoms with Crippen LogP contribution in [0.25, 0.3) is 0 Å². The highest BCUT2D eigenvalue weighted by atomic mass is 19.4. The molecule has 0 aromatic heterocycles. The van der Waals surface area contributed by atoms with Crippen LogP contribution in [0.4, 0.5) is 18.9 Å². The lowest BCUT2D eigenvalue weighted by molar-refractivity contribution is -0.137. The van der Waals surface area contributed by atoms with Crippen molar-refractivity contribution in [1.82, 2.24) is 0 Å². The molecule has 0 aliphatic rings. The Morgan fingerprint density at radius 1 is 1.10 bits per heavy atom. The van der Waals surface area contributed by atoms with Crippen LogP contribution in [0, 0.1) is 0 Å². The molecular formula is C15H12F3NO2. The molecule has 2 aromatic carbocycles. The van der Waals surface area contributed by atoms with Gasteiger partial charge in [-0.2, -0.15) is 13.2 Å². The van der Waals surface area contributed by atoms with Crippen LogP contribution in [-0.2, 0) is 17.6 Å². The Kier molecular flexibility index (Phi) is 4.47. The Hall–Kier alpha value is -2.50. The van der Waals surface area contributed by atoms with Gasteiger partial charge in [-0.1, -0.05) is 24.3 Å². The van der Waals surface area contributed by atoms with E-state index < -0.39 is 11.7 Å². The molecule has 0 saturated carbocycles. The number of anilines is 1. The maximum Gasteiger partial charge on any atom is 0.416 e. The number of rotatable bonds is 5. The van der Waals surface area contributed by atoms with Gasteiger partial charge in [0.05, 0.1) is 11.3 Å². The molecule has 0 heterocycles. The Bertz CT molecular complexity index is 626. The van der Waals surface area contributed by atoms with Gasteiger partial charge >= 0.3 is 6.18 Å². The third-order valence-electron chi connectivity index (χ3n) is 2.75. The SMILES string of the molecule is O=CNc1ccccc1OCc1cccc(C(F)(F)F)c1. The zero-order chi connectivity index (χ0) is 15.3. The highest BCUT2D eigenvalue weighted by Gasteiger charge is 2.30. The van der Waals surface area contributed by atoms with Gasteiger partial charge in [0.25, 0.3) is 0 Å². The normalized spacial score (nSPS) is 11.0. The summed E-state index contributed by atoms with van der Waals surface area (Å²) in [5, 5.41) is 2.46. The summed E-state index contributed by atoms with van der Waals surface area (Å²) >= 11 is 0. The van der Waals surface area contributed by atoms with Gasteiger partial charge in [-0.3, -0.25) is 4.79 Å². The minimum Gasteiger partial charge on any atom is -0.487 e. The van der Waals surface area contributed by atoms with Crippen molar-refractivity contribution in [2.24, 2.45) is 0 Å². The number of hydrogen-bond acceptors (Lipinski definition) is 2. The summed E-state index contributed by atoms with van der Waals surface area (Å²) in [6.07, 6.45) is -3.88. The zero-order valence-corrected chi connectivity index (χ0v) is 10.9. The molecule has 0 aliphatic carbocycles. The summed E-state index contributed by atoms with van der Waals surface area (Å²) in [6.45, 7) is -0.0263. The highest BCUT2D eigenvalue weighted by Crippen LogP contribution is 2.30. The van der Waals surface area contributed by atoms with Gasteiger partial charge in [-0.25, -0.2) is 0 Å². The number of benzene rings is 2. The lowest BCUT2D eigenvalue weighted by Crippen LogP contribution is -2.06. The van der Waals surface area contributed by atoms with Gasteiger partial charge in [-0.05, 0) is 29.8 Å². The summed E-state index contributed by atoms with van der Waals surface area (Å²) in [6, 6.07) is 11.6. The van der Waals surface area contributed by atoms with Gasteiger partial charge in [0.2, 0.25) is 6.41 Å². The molecule has 0 unspecified atom stereocenters. The number of nitrogens with one attached hydrogen (secondary N) is 1. The van der Waals surface area contributed by atoms with Gasteiger partial charge in [0.1, 0.15) is 12.4 Å². The number of ether oxygens (including phenoxy) is 1. The fraction of sp³-hybridized carbons (Fsp3) is 0.133. The first-order chi connectivity index (χ1) is 10.0. The van der Waals surface area contributed by atoms with Gasteiger partial charge in [0, 0.05) is 0 Å². The van der Waals surface area contributed by atoms with E-state index in [1.54, 1.807) is 30.3 Å². The van der Waals surface area contributed by atoms with E-state index in [0.717, 1.165) is 12.1 Å². The fourth-order valence-electron chi connectivity index (χ4n) is 1.77. The number of hydrogen-bond donors (Lipinski definition) is 1. The van der Waals surface area contributed by atoms with E-state index in [1.807, 2.05) is 0 Å². The molecule has 2 rings (SSSR count). The smallest absolute Gasteiger partial charge is 0.416 e. The van der Waals surface area contributed by atoms with E-state index in [2.05, 4.69) is 5.32 Å². The quantitative estimate of drug-likeness (QED) is 0.851. The van der Waals surface area contributed by atoms with Gasteiger partial charge < -0.3 is 10.1 Å². The summed E-state index contributed by atoms with van der Waals surface area (Å²) in [4.78, 5) is 10.5. The van der Waals surface area contributed by atoms with Crippen LogP contribution in [0.1, 0.15) is 11.1 Å². The first-order valence-electron chi connectivity index (χ1n) is 6.09. The van der Waals surface area contributed by atoms with Gasteiger partial charge in [-0.15, -0.1) is 0 Å². The van der Waals surface area contributed by atoms with Crippen molar-refractivity contribution in [3.63, 3.8) is 0 Å². The van der Waals surface area contributed by atoms with Crippen molar-refractivity contribution < 1.29 is 22.7 Å². The van der Waals surface area contributed by atoms with E-state index >= 15 is 0 Å². The molecule has 0 aliphatic heterocycles.